The van der Waals surface area contributed by atoms with Gasteiger partial charge >= 0.3 is 6.18 Å². The second-order valence-electron chi connectivity index (χ2n) is 3.91. The van der Waals surface area contributed by atoms with Gasteiger partial charge < -0.3 is 10.6 Å². The van der Waals surface area contributed by atoms with E-state index in [1.807, 2.05) is 0 Å². The molecule has 0 aromatic heterocycles. The summed E-state index contributed by atoms with van der Waals surface area (Å²) in [6.45, 7) is 0.441. The van der Waals surface area contributed by atoms with Crippen LogP contribution in [0.1, 0.15) is 15.9 Å². The smallest absolute Gasteiger partial charge is 0.399 e. The van der Waals surface area contributed by atoms with Crippen LogP contribution in [0.25, 0.3) is 0 Å². The number of halogens is 3. The largest absolute Gasteiger partial charge is 0.406 e. The fraction of sp³-hybridized carbons (Fsp3) is 0.364. The van der Waals surface area contributed by atoms with Crippen molar-refractivity contribution in [3.63, 3.8) is 0 Å². The highest BCUT2D eigenvalue weighted by Gasteiger charge is 2.31. The van der Waals surface area contributed by atoms with E-state index < -0.39 is 18.6 Å². The van der Waals surface area contributed by atoms with E-state index in [4.69, 9.17) is 5.73 Å². The molecule has 0 saturated heterocycles. The molecule has 17 heavy (non-hydrogen) atoms. The van der Waals surface area contributed by atoms with Gasteiger partial charge in [-0.15, -0.1) is 0 Å². The van der Waals surface area contributed by atoms with Crippen molar-refractivity contribution in [1.82, 2.24) is 4.90 Å². The third-order valence-corrected chi connectivity index (χ3v) is 2.11. The van der Waals surface area contributed by atoms with Gasteiger partial charge in [0.2, 0.25) is 0 Å². The number of nitrogens with two attached hydrogens (primary N) is 1. The minimum absolute atomic E-state index is 0.161. The van der Waals surface area contributed by atoms with Crippen LogP contribution in [0.15, 0.2) is 18.2 Å². The first kappa shape index (κ1) is 13.3. The number of aryl methyl sites for hydroxylation is 1. The highest BCUT2D eigenvalue weighted by molar-refractivity contribution is 5.95. The summed E-state index contributed by atoms with van der Waals surface area (Å²) in [5.41, 5.74) is 6.78. The first-order valence-corrected chi connectivity index (χ1v) is 4.88. The molecule has 1 amide bonds. The summed E-state index contributed by atoms with van der Waals surface area (Å²) in [7, 11) is 1.11. The van der Waals surface area contributed by atoms with Crippen LogP contribution < -0.4 is 5.73 Å². The zero-order chi connectivity index (χ0) is 13.2. The van der Waals surface area contributed by atoms with Crippen molar-refractivity contribution in [3.05, 3.63) is 29.3 Å². The summed E-state index contributed by atoms with van der Waals surface area (Å²) in [6, 6.07) is 4.51. The molecule has 1 aromatic carbocycles. The van der Waals surface area contributed by atoms with Crippen LogP contribution in [0.3, 0.4) is 0 Å². The highest BCUT2D eigenvalue weighted by atomic mass is 19.4. The van der Waals surface area contributed by atoms with E-state index >= 15 is 0 Å². The van der Waals surface area contributed by atoms with Crippen LogP contribution in [0.2, 0.25) is 0 Å². The Labute approximate surface area is 97.0 Å². The molecule has 0 bridgehead atoms. The number of hydrogen-bond donors (Lipinski definition) is 1. The Balaban J connectivity index is 2.89. The van der Waals surface area contributed by atoms with E-state index in [1.165, 1.54) is 12.1 Å². The van der Waals surface area contributed by atoms with Crippen LogP contribution in [0.5, 0.6) is 0 Å². The summed E-state index contributed by atoms with van der Waals surface area (Å²) < 4.78 is 36.4. The number of alkyl halides is 3. The molecule has 0 fully saturated rings. The Hall–Kier alpha value is -1.72. The number of benzene rings is 1. The molecule has 0 atom stereocenters. The molecular weight excluding hydrogens is 233 g/mol. The Kier molecular flexibility index (Phi) is 3.65. The topological polar surface area (TPSA) is 46.3 Å². The van der Waals surface area contributed by atoms with Gasteiger partial charge in [-0.2, -0.15) is 13.2 Å². The molecule has 0 saturated carbocycles. The summed E-state index contributed by atoms with van der Waals surface area (Å²) in [4.78, 5) is 12.3. The predicted molar refractivity (Wildman–Crippen MR) is 58.6 cm³/mol. The molecule has 0 spiro atoms. The maximum atomic E-state index is 12.1. The van der Waals surface area contributed by atoms with E-state index in [-0.39, 0.29) is 5.56 Å². The molecule has 94 valence electrons. The van der Waals surface area contributed by atoms with Gasteiger partial charge in [0.15, 0.2) is 0 Å². The molecule has 0 aliphatic carbocycles. The number of anilines is 1. The van der Waals surface area contributed by atoms with Crippen molar-refractivity contribution in [3.8, 4) is 0 Å². The second-order valence-corrected chi connectivity index (χ2v) is 3.91. The first-order chi connectivity index (χ1) is 7.69. The average molecular weight is 246 g/mol. The van der Waals surface area contributed by atoms with Crippen molar-refractivity contribution in [2.45, 2.75) is 13.1 Å². The van der Waals surface area contributed by atoms with Crippen molar-refractivity contribution in [2.75, 3.05) is 19.3 Å². The first-order valence-electron chi connectivity index (χ1n) is 4.88. The lowest BCUT2D eigenvalue weighted by Crippen LogP contribution is -2.35. The summed E-state index contributed by atoms with van der Waals surface area (Å²) in [5.74, 6) is -0.697. The highest BCUT2D eigenvalue weighted by Crippen LogP contribution is 2.18. The Bertz CT molecular complexity index is 409. The molecule has 3 nitrogen and oxygen atoms in total. The number of nitrogen functional groups attached to an aromatic ring is 1. The number of hydrogen-bond acceptors (Lipinski definition) is 2. The van der Waals surface area contributed by atoms with Crippen LogP contribution >= 0.6 is 0 Å². The van der Waals surface area contributed by atoms with Gasteiger partial charge in [-0.3, -0.25) is 4.79 Å². The predicted octanol–water partition coefficient (Wildman–Crippen LogP) is 2.21. The SMILES string of the molecule is Cc1cc(N)cc(C(=O)N(C)CC(F)(F)F)c1. The monoisotopic (exact) mass is 246 g/mol. The summed E-state index contributed by atoms with van der Waals surface area (Å²) >= 11 is 0. The van der Waals surface area contributed by atoms with E-state index in [1.54, 1.807) is 13.0 Å². The van der Waals surface area contributed by atoms with Gasteiger partial charge in [-0.05, 0) is 30.7 Å². The lowest BCUT2D eigenvalue weighted by molar-refractivity contribution is -0.138. The zero-order valence-electron chi connectivity index (χ0n) is 9.51. The molecule has 0 unspecified atom stereocenters. The molecule has 6 heteroatoms. The van der Waals surface area contributed by atoms with Crippen molar-refractivity contribution >= 4 is 11.6 Å². The third kappa shape index (κ3) is 3.97. The number of rotatable bonds is 2. The summed E-state index contributed by atoms with van der Waals surface area (Å²) in [6.07, 6.45) is -4.40. The van der Waals surface area contributed by atoms with E-state index in [9.17, 15) is 18.0 Å². The van der Waals surface area contributed by atoms with Crippen LogP contribution in [-0.4, -0.2) is 30.6 Å². The van der Waals surface area contributed by atoms with Crippen LogP contribution in [-0.2, 0) is 0 Å². The Morgan fingerprint density at radius 3 is 2.41 bits per heavy atom. The van der Waals surface area contributed by atoms with E-state index in [2.05, 4.69) is 0 Å². The normalized spacial score (nSPS) is 11.4. The molecule has 1 aromatic rings. The average Bonchev–Trinajstić information content (AvgIpc) is 2.12. The fourth-order valence-electron chi connectivity index (χ4n) is 1.50. The van der Waals surface area contributed by atoms with Gasteiger partial charge in [-0.1, -0.05) is 0 Å². The van der Waals surface area contributed by atoms with Gasteiger partial charge in [0.25, 0.3) is 5.91 Å². The maximum absolute atomic E-state index is 12.1. The molecule has 0 aliphatic heterocycles. The summed E-state index contributed by atoms with van der Waals surface area (Å²) in [5, 5.41) is 0. The zero-order valence-corrected chi connectivity index (χ0v) is 9.51. The fourth-order valence-corrected chi connectivity index (χ4v) is 1.50. The number of carbonyl (C=O) groups excluding carboxylic acids is 1. The van der Waals surface area contributed by atoms with E-state index in [0.717, 1.165) is 12.6 Å². The molecule has 0 radical (unpaired) electrons. The standard InChI is InChI=1S/C11H13F3N2O/c1-7-3-8(5-9(15)4-7)10(17)16(2)6-11(12,13)14/h3-5H,6,15H2,1-2H3. The molecule has 0 aliphatic rings. The van der Waals surface area contributed by atoms with Gasteiger partial charge in [0.1, 0.15) is 6.54 Å². The van der Waals surface area contributed by atoms with E-state index in [0.29, 0.717) is 10.6 Å². The van der Waals surface area contributed by atoms with Crippen LogP contribution in [0.4, 0.5) is 18.9 Å². The Morgan fingerprint density at radius 1 is 1.35 bits per heavy atom. The second kappa shape index (κ2) is 4.65. The minimum Gasteiger partial charge on any atom is -0.399 e. The van der Waals surface area contributed by atoms with Crippen molar-refractivity contribution in [2.24, 2.45) is 0 Å². The van der Waals surface area contributed by atoms with Crippen LogP contribution in [0, 0.1) is 6.92 Å². The maximum Gasteiger partial charge on any atom is 0.406 e. The molecular formula is C11H13F3N2O. The quantitative estimate of drug-likeness (QED) is 0.813. The van der Waals surface area contributed by atoms with Gasteiger partial charge in [0, 0.05) is 18.3 Å². The molecule has 2 N–H and O–H groups in total. The molecule has 1 rings (SSSR count). The number of carbonyl (C=O) groups is 1. The minimum atomic E-state index is -4.40. The molecule has 0 heterocycles. The number of amides is 1. The lowest BCUT2D eigenvalue weighted by atomic mass is 10.1. The van der Waals surface area contributed by atoms with Gasteiger partial charge in [-0.25, -0.2) is 0 Å². The third-order valence-electron chi connectivity index (χ3n) is 2.11. The van der Waals surface area contributed by atoms with Crippen molar-refractivity contribution < 1.29 is 18.0 Å². The van der Waals surface area contributed by atoms with Gasteiger partial charge in [0.05, 0.1) is 0 Å². The van der Waals surface area contributed by atoms with Crippen molar-refractivity contribution in [1.29, 1.82) is 0 Å². The number of nitrogens with zero attached hydrogens (tertiary/aromatic N) is 1. The Morgan fingerprint density at radius 2 is 1.94 bits per heavy atom. The lowest BCUT2D eigenvalue weighted by Gasteiger charge is -2.19.